The lowest BCUT2D eigenvalue weighted by molar-refractivity contribution is -0.117. The molecule has 0 aliphatic heterocycles. The number of amides is 1. The highest BCUT2D eigenvalue weighted by molar-refractivity contribution is 6.30. The maximum Gasteiger partial charge on any atom is 0.231 e. The van der Waals surface area contributed by atoms with Gasteiger partial charge in [-0.15, -0.1) is 0 Å². The van der Waals surface area contributed by atoms with E-state index in [1.165, 1.54) is 0 Å². The van der Waals surface area contributed by atoms with Gasteiger partial charge in [-0.3, -0.25) is 4.79 Å². The van der Waals surface area contributed by atoms with Gasteiger partial charge in [-0.2, -0.15) is 0 Å². The van der Waals surface area contributed by atoms with Gasteiger partial charge in [0.1, 0.15) is 5.75 Å². The lowest BCUT2D eigenvalue weighted by Crippen LogP contribution is -2.31. The first-order valence-corrected chi connectivity index (χ1v) is 6.82. The summed E-state index contributed by atoms with van der Waals surface area (Å²) in [6.07, 6.45) is 0.282. The Hall–Kier alpha value is -2.00. The van der Waals surface area contributed by atoms with Crippen molar-refractivity contribution < 1.29 is 9.90 Å². The molecule has 0 fully saturated rings. The topological polar surface area (TPSA) is 40.5 Å². The average Bonchev–Trinajstić information content (AvgIpc) is 2.39. The number of carbonyl (C=O) groups is 1. The Balaban J connectivity index is 2.17. The van der Waals surface area contributed by atoms with Crippen LogP contribution in [0.3, 0.4) is 0 Å². The van der Waals surface area contributed by atoms with E-state index in [2.05, 4.69) is 0 Å². The number of phenols is 1. The van der Waals surface area contributed by atoms with Crippen LogP contribution in [0.25, 0.3) is 0 Å². The zero-order chi connectivity index (χ0) is 14.5. The fourth-order valence-corrected chi connectivity index (χ4v) is 2.29. The SMILES string of the molecule is CCN(C(=O)Cc1cccc(Cl)c1)c1cccc(O)c1. The number of carbonyl (C=O) groups excluding carboxylic acids is 1. The van der Waals surface area contributed by atoms with Gasteiger partial charge in [0.2, 0.25) is 5.91 Å². The van der Waals surface area contributed by atoms with Crippen LogP contribution in [-0.4, -0.2) is 17.6 Å². The number of likely N-dealkylation sites (N-methyl/N-ethyl adjacent to an activating group) is 1. The Labute approximate surface area is 123 Å². The zero-order valence-corrected chi connectivity index (χ0v) is 12.0. The molecule has 0 bridgehead atoms. The molecule has 0 heterocycles. The van der Waals surface area contributed by atoms with Crippen molar-refractivity contribution in [1.82, 2.24) is 0 Å². The number of rotatable bonds is 4. The molecule has 2 aromatic carbocycles. The van der Waals surface area contributed by atoms with Gasteiger partial charge >= 0.3 is 0 Å². The molecule has 0 radical (unpaired) electrons. The third-order valence-electron chi connectivity index (χ3n) is 3.00. The molecule has 0 atom stereocenters. The molecule has 20 heavy (non-hydrogen) atoms. The molecule has 0 unspecified atom stereocenters. The number of hydrogen-bond donors (Lipinski definition) is 1. The van der Waals surface area contributed by atoms with E-state index in [1.807, 2.05) is 19.1 Å². The quantitative estimate of drug-likeness (QED) is 0.933. The number of aromatic hydroxyl groups is 1. The summed E-state index contributed by atoms with van der Waals surface area (Å²) in [5.74, 6) is 0.122. The lowest BCUT2D eigenvalue weighted by atomic mass is 10.1. The number of benzene rings is 2. The standard InChI is InChI=1S/C16H16ClNO2/c1-2-18(14-7-4-8-15(19)11-14)16(20)10-12-5-3-6-13(17)9-12/h3-9,11,19H,2,10H2,1H3. The summed E-state index contributed by atoms with van der Waals surface area (Å²) in [7, 11) is 0. The minimum Gasteiger partial charge on any atom is -0.508 e. The van der Waals surface area contributed by atoms with Crippen molar-refractivity contribution in [1.29, 1.82) is 0 Å². The molecule has 0 spiro atoms. The number of phenolic OH excluding ortho intramolecular Hbond substituents is 1. The predicted molar refractivity (Wildman–Crippen MR) is 81.3 cm³/mol. The fraction of sp³-hybridized carbons (Fsp3) is 0.188. The van der Waals surface area contributed by atoms with Crippen LogP contribution in [-0.2, 0) is 11.2 Å². The van der Waals surface area contributed by atoms with Crippen LogP contribution < -0.4 is 4.90 Å². The molecular weight excluding hydrogens is 274 g/mol. The van der Waals surface area contributed by atoms with Crippen molar-refractivity contribution in [3.63, 3.8) is 0 Å². The van der Waals surface area contributed by atoms with E-state index in [0.29, 0.717) is 17.3 Å². The molecule has 0 saturated carbocycles. The minimum absolute atomic E-state index is 0.0274. The summed E-state index contributed by atoms with van der Waals surface area (Å²) in [4.78, 5) is 14.0. The minimum atomic E-state index is -0.0274. The monoisotopic (exact) mass is 289 g/mol. The molecule has 4 heteroatoms. The maximum atomic E-state index is 12.4. The average molecular weight is 290 g/mol. The molecule has 2 aromatic rings. The summed E-state index contributed by atoms with van der Waals surface area (Å²) in [5.41, 5.74) is 1.57. The highest BCUT2D eigenvalue weighted by Crippen LogP contribution is 2.21. The van der Waals surface area contributed by atoms with Crippen LogP contribution in [0.1, 0.15) is 12.5 Å². The molecule has 0 saturated heterocycles. The van der Waals surface area contributed by atoms with E-state index in [1.54, 1.807) is 41.3 Å². The first-order valence-electron chi connectivity index (χ1n) is 6.44. The summed E-state index contributed by atoms with van der Waals surface area (Å²) in [6.45, 7) is 2.45. The third kappa shape index (κ3) is 3.52. The van der Waals surface area contributed by atoms with E-state index >= 15 is 0 Å². The van der Waals surface area contributed by atoms with Crippen LogP contribution in [0.2, 0.25) is 5.02 Å². The van der Waals surface area contributed by atoms with Crippen molar-refractivity contribution in [3.8, 4) is 5.75 Å². The van der Waals surface area contributed by atoms with Crippen LogP contribution >= 0.6 is 11.6 Å². The fourth-order valence-electron chi connectivity index (χ4n) is 2.08. The summed E-state index contributed by atoms with van der Waals surface area (Å²) in [5, 5.41) is 10.1. The van der Waals surface area contributed by atoms with Gasteiger partial charge in [0.05, 0.1) is 6.42 Å². The first kappa shape index (κ1) is 14.4. The Kier molecular flexibility index (Phi) is 4.64. The molecule has 0 aliphatic rings. The third-order valence-corrected chi connectivity index (χ3v) is 3.24. The van der Waals surface area contributed by atoms with E-state index in [4.69, 9.17) is 11.6 Å². The maximum absolute atomic E-state index is 12.4. The Morgan fingerprint density at radius 3 is 2.60 bits per heavy atom. The smallest absolute Gasteiger partial charge is 0.231 e. The van der Waals surface area contributed by atoms with Crippen molar-refractivity contribution in [2.45, 2.75) is 13.3 Å². The van der Waals surface area contributed by atoms with Crippen molar-refractivity contribution in [2.75, 3.05) is 11.4 Å². The highest BCUT2D eigenvalue weighted by atomic mass is 35.5. The van der Waals surface area contributed by atoms with Crippen LogP contribution in [0.15, 0.2) is 48.5 Å². The molecule has 1 N–H and O–H groups in total. The summed E-state index contributed by atoms with van der Waals surface area (Å²) in [6, 6.07) is 14.0. The molecular formula is C16H16ClNO2. The zero-order valence-electron chi connectivity index (χ0n) is 11.2. The van der Waals surface area contributed by atoms with Gasteiger partial charge in [-0.1, -0.05) is 29.8 Å². The predicted octanol–water partition coefficient (Wildman–Crippen LogP) is 3.64. The number of nitrogens with zero attached hydrogens (tertiary/aromatic N) is 1. The molecule has 2 rings (SSSR count). The number of anilines is 1. The molecule has 0 aliphatic carbocycles. The van der Waals surface area contributed by atoms with Gasteiger partial charge in [-0.05, 0) is 36.8 Å². The lowest BCUT2D eigenvalue weighted by Gasteiger charge is -2.21. The molecule has 0 aromatic heterocycles. The van der Waals surface area contributed by atoms with E-state index in [-0.39, 0.29) is 18.1 Å². The second-order valence-corrected chi connectivity index (χ2v) is 4.90. The van der Waals surface area contributed by atoms with Gasteiger partial charge < -0.3 is 10.0 Å². The molecule has 1 amide bonds. The van der Waals surface area contributed by atoms with E-state index in [0.717, 1.165) is 5.56 Å². The van der Waals surface area contributed by atoms with Gasteiger partial charge in [0.25, 0.3) is 0 Å². The largest absolute Gasteiger partial charge is 0.508 e. The van der Waals surface area contributed by atoms with Crippen molar-refractivity contribution >= 4 is 23.2 Å². The Bertz CT molecular complexity index is 613. The van der Waals surface area contributed by atoms with E-state index < -0.39 is 0 Å². The van der Waals surface area contributed by atoms with Gasteiger partial charge in [0, 0.05) is 23.3 Å². The van der Waals surface area contributed by atoms with Crippen LogP contribution in [0.5, 0.6) is 5.75 Å². The molecule has 104 valence electrons. The van der Waals surface area contributed by atoms with Crippen LogP contribution in [0.4, 0.5) is 5.69 Å². The normalized spacial score (nSPS) is 10.3. The van der Waals surface area contributed by atoms with E-state index in [9.17, 15) is 9.90 Å². The second-order valence-electron chi connectivity index (χ2n) is 4.46. The van der Waals surface area contributed by atoms with Gasteiger partial charge in [0.15, 0.2) is 0 Å². The Morgan fingerprint density at radius 2 is 1.95 bits per heavy atom. The number of halogens is 1. The first-order chi connectivity index (χ1) is 9.60. The van der Waals surface area contributed by atoms with Crippen LogP contribution in [0, 0.1) is 0 Å². The Morgan fingerprint density at radius 1 is 1.20 bits per heavy atom. The van der Waals surface area contributed by atoms with Crippen molar-refractivity contribution in [2.24, 2.45) is 0 Å². The number of hydrogen-bond acceptors (Lipinski definition) is 2. The highest BCUT2D eigenvalue weighted by Gasteiger charge is 2.14. The van der Waals surface area contributed by atoms with Crippen molar-refractivity contribution in [3.05, 3.63) is 59.1 Å². The van der Waals surface area contributed by atoms with Gasteiger partial charge in [-0.25, -0.2) is 0 Å². The summed E-state index contributed by atoms with van der Waals surface area (Å²) >= 11 is 5.92. The summed E-state index contributed by atoms with van der Waals surface area (Å²) < 4.78 is 0. The second kappa shape index (κ2) is 6.44. The molecule has 3 nitrogen and oxygen atoms in total.